The van der Waals surface area contributed by atoms with E-state index in [-0.39, 0.29) is 18.2 Å². The number of hydrogen-bond donors (Lipinski definition) is 0. The lowest BCUT2D eigenvalue weighted by molar-refractivity contribution is -0.133. The van der Waals surface area contributed by atoms with Gasteiger partial charge in [0, 0.05) is 11.1 Å². The summed E-state index contributed by atoms with van der Waals surface area (Å²) in [6.45, 7) is 3.49. The summed E-state index contributed by atoms with van der Waals surface area (Å²) in [5.74, 6) is 0.695. The standard InChI is InChI=1S/C19H20O4/c1-4-14-7-5-6-8-18(14)23-19(21)12-16-11-15(13(2)20)9-10-17(16)22-3/h5-11H,4,12H2,1-3H3. The van der Waals surface area contributed by atoms with Crippen molar-refractivity contribution in [1.82, 2.24) is 0 Å². The van der Waals surface area contributed by atoms with Crippen molar-refractivity contribution in [1.29, 1.82) is 0 Å². The molecule has 2 aromatic rings. The smallest absolute Gasteiger partial charge is 0.315 e. The molecule has 0 bridgehead atoms. The van der Waals surface area contributed by atoms with Gasteiger partial charge < -0.3 is 9.47 Å². The molecule has 0 saturated heterocycles. The van der Waals surface area contributed by atoms with Gasteiger partial charge in [0.1, 0.15) is 11.5 Å². The quantitative estimate of drug-likeness (QED) is 0.464. The molecule has 23 heavy (non-hydrogen) atoms. The first kappa shape index (κ1) is 16.7. The summed E-state index contributed by atoms with van der Waals surface area (Å²) < 4.78 is 10.7. The van der Waals surface area contributed by atoms with Crippen molar-refractivity contribution in [2.24, 2.45) is 0 Å². The van der Waals surface area contributed by atoms with Crippen molar-refractivity contribution < 1.29 is 19.1 Å². The number of ketones is 1. The Morgan fingerprint density at radius 2 is 1.74 bits per heavy atom. The largest absolute Gasteiger partial charge is 0.496 e. The van der Waals surface area contributed by atoms with E-state index in [4.69, 9.17) is 9.47 Å². The predicted octanol–water partition coefficient (Wildman–Crippen LogP) is 3.61. The van der Waals surface area contributed by atoms with Crippen LogP contribution >= 0.6 is 0 Å². The minimum atomic E-state index is -0.384. The summed E-state index contributed by atoms with van der Waals surface area (Å²) in [6.07, 6.45) is 0.828. The highest BCUT2D eigenvalue weighted by atomic mass is 16.5. The van der Waals surface area contributed by atoms with Crippen LogP contribution in [-0.4, -0.2) is 18.9 Å². The van der Waals surface area contributed by atoms with E-state index in [0.717, 1.165) is 12.0 Å². The summed E-state index contributed by atoms with van der Waals surface area (Å²) in [7, 11) is 1.53. The average Bonchev–Trinajstić information content (AvgIpc) is 2.55. The number of hydrogen-bond acceptors (Lipinski definition) is 4. The van der Waals surface area contributed by atoms with Crippen molar-refractivity contribution in [2.75, 3.05) is 7.11 Å². The van der Waals surface area contributed by atoms with Crippen LogP contribution in [0.25, 0.3) is 0 Å². The summed E-state index contributed by atoms with van der Waals surface area (Å²) >= 11 is 0. The van der Waals surface area contributed by atoms with Gasteiger partial charge in [0.15, 0.2) is 5.78 Å². The van der Waals surface area contributed by atoms with E-state index in [1.54, 1.807) is 24.3 Å². The lowest BCUT2D eigenvalue weighted by Crippen LogP contribution is -2.13. The number of carbonyl (C=O) groups excluding carboxylic acids is 2. The number of methoxy groups -OCH3 is 1. The molecule has 2 rings (SSSR count). The van der Waals surface area contributed by atoms with E-state index in [9.17, 15) is 9.59 Å². The molecule has 0 atom stereocenters. The Balaban J connectivity index is 2.19. The molecule has 0 aliphatic heterocycles. The van der Waals surface area contributed by atoms with Crippen molar-refractivity contribution in [3.63, 3.8) is 0 Å². The maximum absolute atomic E-state index is 12.2. The maximum Gasteiger partial charge on any atom is 0.315 e. The van der Waals surface area contributed by atoms with Gasteiger partial charge in [-0.15, -0.1) is 0 Å². The molecule has 0 unspecified atom stereocenters. The summed E-state index contributed by atoms with van der Waals surface area (Å²) in [6, 6.07) is 12.5. The minimum Gasteiger partial charge on any atom is -0.496 e. The van der Waals surface area contributed by atoms with Crippen molar-refractivity contribution in [3.05, 3.63) is 59.2 Å². The fourth-order valence-corrected chi connectivity index (χ4v) is 2.35. The Kier molecular flexibility index (Phi) is 5.52. The average molecular weight is 312 g/mol. The van der Waals surface area contributed by atoms with Crippen LogP contribution in [-0.2, 0) is 17.6 Å². The highest BCUT2D eigenvalue weighted by Crippen LogP contribution is 2.23. The second-order valence-electron chi connectivity index (χ2n) is 5.19. The van der Waals surface area contributed by atoms with E-state index in [0.29, 0.717) is 22.6 Å². The second kappa shape index (κ2) is 7.58. The Morgan fingerprint density at radius 3 is 2.39 bits per heavy atom. The van der Waals surface area contributed by atoms with Crippen molar-refractivity contribution in [2.45, 2.75) is 26.7 Å². The van der Waals surface area contributed by atoms with Crippen LogP contribution in [0.4, 0.5) is 0 Å². The lowest BCUT2D eigenvalue weighted by Gasteiger charge is -2.11. The molecule has 4 nitrogen and oxygen atoms in total. The number of Topliss-reactive ketones (excluding diaryl/α,β-unsaturated/α-hetero) is 1. The number of carbonyl (C=O) groups is 2. The zero-order chi connectivity index (χ0) is 16.8. The molecule has 0 N–H and O–H groups in total. The molecule has 0 amide bonds. The van der Waals surface area contributed by atoms with Gasteiger partial charge in [-0.05, 0) is 43.2 Å². The van der Waals surface area contributed by atoms with E-state index in [1.165, 1.54) is 14.0 Å². The van der Waals surface area contributed by atoms with Crippen molar-refractivity contribution in [3.8, 4) is 11.5 Å². The Morgan fingerprint density at radius 1 is 1.00 bits per heavy atom. The van der Waals surface area contributed by atoms with Crippen LogP contribution in [0.1, 0.15) is 35.3 Å². The van der Waals surface area contributed by atoms with Gasteiger partial charge in [-0.1, -0.05) is 25.1 Å². The predicted molar refractivity (Wildman–Crippen MR) is 88.2 cm³/mol. The van der Waals surface area contributed by atoms with Gasteiger partial charge >= 0.3 is 5.97 Å². The van der Waals surface area contributed by atoms with Gasteiger partial charge in [-0.2, -0.15) is 0 Å². The van der Waals surface area contributed by atoms with Crippen LogP contribution in [0.3, 0.4) is 0 Å². The molecule has 0 spiro atoms. The zero-order valence-corrected chi connectivity index (χ0v) is 13.6. The minimum absolute atomic E-state index is 0.0440. The molecule has 0 aliphatic rings. The molecule has 2 aromatic carbocycles. The molecular formula is C19H20O4. The molecule has 0 aromatic heterocycles. The Labute approximate surface area is 136 Å². The Bertz CT molecular complexity index is 719. The fourth-order valence-electron chi connectivity index (χ4n) is 2.35. The SMILES string of the molecule is CCc1ccccc1OC(=O)Cc1cc(C(C)=O)ccc1OC. The first-order valence-electron chi connectivity index (χ1n) is 7.51. The van der Waals surface area contributed by atoms with Crippen LogP contribution in [0.5, 0.6) is 11.5 Å². The third-order valence-electron chi connectivity index (χ3n) is 3.60. The molecular weight excluding hydrogens is 292 g/mol. The van der Waals surface area contributed by atoms with Crippen molar-refractivity contribution >= 4 is 11.8 Å². The Hall–Kier alpha value is -2.62. The van der Waals surface area contributed by atoms with Gasteiger partial charge in [0.25, 0.3) is 0 Å². The van der Waals surface area contributed by atoms with E-state index in [2.05, 4.69) is 0 Å². The summed E-state index contributed by atoms with van der Waals surface area (Å²) in [5.41, 5.74) is 2.16. The summed E-state index contributed by atoms with van der Waals surface area (Å²) in [5, 5.41) is 0. The van der Waals surface area contributed by atoms with Gasteiger partial charge in [0.2, 0.25) is 0 Å². The number of ether oxygens (including phenoxy) is 2. The third-order valence-corrected chi connectivity index (χ3v) is 3.60. The maximum atomic E-state index is 12.2. The van der Waals surface area contributed by atoms with E-state index < -0.39 is 0 Å². The third kappa shape index (κ3) is 4.19. The van der Waals surface area contributed by atoms with E-state index in [1.807, 2.05) is 25.1 Å². The monoisotopic (exact) mass is 312 g/mol. The second-order valence-corrected chi connectivity index (χ2v) is 5.19. The lowest BCUT2D eigenvalue weighted by atomic mass is 10.0. The van der Waals surface area contributed by atoms with Crippen LogP contribution < -0.4 is 9.47 Å². The highest BCUT2D eigenvalue weighted by Gasteiger charge is 2.14. The molecule has 4 heteroatoms. The number of para-hydroxylation sites is 1. The first-order valence-corrected chi connectivity index (χ1v) is 7.51. The number of esters is 1. The number of rotatable bonds is 6. The van der Waals surface area contributed by atoms with Crippen LogP contribution in [0.15, 0.2) is 42.5 Å². The normalized spacial score (nSPS) is 10.2. The molecule has 120 valence electrons. The topological polar surface area (TPSA) is 52.6 Å². The zero-order valence-electron chi connectivity index (χ0n) is 13.6. The number of aryl methyl sites for hydroxylation is 1. The number of benzene rings is 2. The fraction of sp³-hybridized carbons (Fsp3) is 0.263. The first-order chi connectivity index (χ1) is 11.0. The van der Waals surface area contributed by atoms with Crippen LogP contribution in [0.2, 0.25) is 0 Å². The molecule has 0 radical (unpaired) electrons. The van der Waals surface area contributed by atoms with Gasteiger partial charge in [-0.3, -0.25) is 9.59 Å². The van der Waals surface area contributed by atoms with Gasteiger partial charge in [-0.25, -0.2) is 0 Å². The van der Waals surface area contributed by atoms with Gasteiger partial charge in [0.05, 0.1) is 13.5 Å². The molecule has 0 aliphatic carbocycles. The van der Waals surface area contributed by atoms with E-state index >= 15 is 0 Å². The van der Waals surface area contributed by atoms with Crippen LogP contribution in [0, 0.1) is 0 Å². The molecule has 0 saturated carbocycles. The highest BCUT2D eigenvalue weighted by molar-refractivity contribution is 5.94. The molecule has 0 heterocycles. The molecule has 0 fully saturated rings. The summed E-state index contributed by atoms with van der Waals surface area (Å²) in [4.78, 5) is 23.7.